The molecule has 0 amide bonds. The summed E-state index contributed by atoms with van der Waals surface area (Å²) in [6, 6.07) is 0. The van der Waals surface area contributed by atoms with E-state index in [1.165, 1.54) is 20.8 Å². The summed E-state index contributed by atoms with van der Waals surface area (Å²) < 4.78 is 0. The van der Waals surface area contributed by atoms with Crippen molar-refractivity contribution < 1.29 is 40.5 Å². The SMILES string of the molecule is CC(C)(O)C(O)CC(O)[C@](C)(O)[C@H]1CC[C@@]2(O)C3=CC(=O)C4CC(O)C(O)C[C@]4(C)[C@H]3CC[C@]12C. The van der Waals surface area contributed by atoms with Crippen LogP contribution in [0.5, 0.6) is 0 Å². The second-order valence-corrected chi connectivity index (χ2v) is 13.2. The highest BCUT2D eigenvalue weighted by Gasteiger charge is 2.69. The molecule has 0 saturated heterocycles. The molecule has 8 nitrogen and oxygen atoms in total. The Balaban J connectivity index is 1.67. The van der Waals surface area contributed by atoms with Crippen molar-refractivity contribution in [2.45, 2.75) is 121 Å². The van der Waals surface area contributed by atoms with Gasteiger partial charge in [0.25, 0.3) is 0 Å². The highest BCUT2D eigenvalue weighted by Crippen LogP contribution is 2.68. The number of rotatable bonds is 5. The summed E-state index contributed by atoms with van der Waals surface area (Å²) in [6.07, 6.45) is -0.617. The van der Waals surface area contributed by atoms with Crippen LogP contribution in [0.15, 0.2) is 11.6 Å². The predicted octanol–water partition coefficient (Wildman–Crippen LogP) is 0.825. The largest absolute Gasteiger partial charge is 0.390 e. The summed E-state index contributed by atoms with van der Waals surface area (Å²) in [4.78, 5) is 13.3. The molecule has 35 heavy (non-hydrogen) atoms. The topological polar surface area (TPSA) is 159 Å². The molecule has 7 N–H and O–H groups in total. The van der Waals surface area contributed by atoms with Crippen LogP contribution in [0.1, 0.15) is 79.6 Å². The van der Waals surface area contributed by atoms with E-state index in [2.05, 4.69) is 0 Å². The van der Waals surface area contributed by atoms with Crippen molar-refractivity contribution in [2.24, 2.45) is 28.6 Å². The number of hydrogen-bond donors (Lipinski definition) is 7. The predicted molar refractivity (Wildman–Crippen MR) is 128 cm³/mol. The first kappa shape index (κ1) is 27.2. The summed E-state index contributed by atoms with van der Waals surface area (Å²) in [5.74, 6) is -1.18. The van der Waals surface area contributed by atoms with Crippen LogP contribution in [0.3, 0.4) is 0 Å². The van der Waals surface area contributed by atoms with E-state index in [-0.39, 0.29) is 31.0 Å². The molecule has 0 spiro atoms. The van der Waals surface area contributed by atoms with E-state index in [1.54, 1.807) is 6.08 Å². The minimum atomic E-state index is -1.64. The van der Waals surface area contributed by atoms with Crippen molar-refractivity contribution in [3.8, 4) is 0 Å². The molecule has 0 aromatic rings. The van der Waals surface area contributed by atoms with Crippen LogP contribution in [-0.2, 0) is 4.79 Å². The first-order valence-electron chi connectivity index (χ1n) is 13.0. The van der Waals surface area contributed by atoms with Gasteiger partial charge < -0.3 is 35.7 Å². The van der Waals surface area contributed by atoms with E-state index in [4.69, 9.17) is 0 Å². The molecule has 3 fully saturated rings. The molecule has 0 radical (unpaired) electrons. The maximum Gasteiger partial charge on any atom is 0.159 e. The second kappa shape index (κ2) is 8.32. The fourth-order valence-corrected chi connectivity index (χ4v) is 8.28. The highest BCUT2D eigenvalue weighted by molar-refractivity contribution is 5.95. The van der Waals surface area contributed by atoms with E-state index in [0.29, 0.717) is 31.3 Å². The first-order chi connectivity index (χ1) is 15.9. The van der Waals surface area contributed by atoms with Crippen molar-refractivity contribution >= 4 is 5.78 Å². The Morgan fingerprint density at radius 1 is 1.00 bits per heavy atom. The Bertz CT molecular complexity index is 892. The van der Waals surface area contributed by atoms with Gasteiger partial charge in [0.15, 0.2) is 5.78 Å². The van der Waals surface area contributed by atoms with Gasteiger partial charge >= 0.3 is 0 Å². The molecule has 0 aromatic heterocycles. The van der Waals surface area contributed by atoms with E-state index >= 15 is 0 Å². The normalized spacial score (nSPS) is 47.1. The summed E-state index contributed by atoms with van der Waals surface area (Å²) in [5.41, 5.74) is -5.18. The van der Waals surface area contributed by atoms with Crippen molar-refractivity contribution in [1.82, 2.24) is 0 Å². The third-order valence-electron chi connectivity index (χ3n) is 10.8. The van der Waals surface area contributed by atoms with Gasteiger partial charge in [-0.05, 0) is 88.2 Å². The molecule has 200 valence electrons. The number of carbonyl (C=O) groups is 1. The first-order valence-corrected chi connectivity index (χ1v) is 13.0. The number of allylic oxidation sites excluding steroid dienone is 1. The van der Waals surface area contributed by atoms with E-state index in [9.17, 15) is 40.5 Å². The van der Waals surface area contributed by atoms with Gasteiger partial charge in [-0.3, -0.25) is 4.79 Å². The molecule has 4 aliphatic carbocycles. The molecule has 3 saturated carbocycles. The average molecular weight is 497 g/mol. The minimum Gasteiger partial charge on any atom is -0.390 e. The number of aliphatic hydroxyl groups is 7. The summed E-state index contributed by atoms with van der Waals surface area (Å²) in [6.45, 7) is 8.31. The highest BCUT2D eigenvalue weighted by atomic mass is 16.4. The molecule has 4 rings (SSSR count). The molecule has 8 heteroatoms. The van der Waals surface area contributed by atoms with Crippen LogP contribution in [0.4, 0.5) is 0 Å². The summed E-state index contributed by atoms with van der Waals surface area (Å²) in [5, 5.41) is 75.8. The molecule has 5 unspecified atom stereocenters. The fourth-order valence-electron chi connectivity index (χ4n) is 8.28. The maximum absolute atomic E-state index is 13.3. The maximum atomic E-state index is 13.3. The lowest BCUT2D eigenvalue weighted by Crippen LogP contribution is -2.63. The van der Waals surface area contributed by atoms with Gasteiger partial charge in [-0.15, -0.1) is 0 Å². The Morgan fingerprint density at radius 2 is 1.63 bits per heavy atom. The Labute approximate surface area is 207 Å². The molecule has 0 bridgehead atoms. The Morgan fingerprint density at radius 3 is 2.23 bits per heavy atom. The van der Waals surface area contributed by atoms with Crippen LogP contribution >= 0.6 is 0 Å². The van der Waals surface area contributed by atoms with Crippen LogP contribution in [0.2, 0.25) is 0 Å². The number of carbonyl (C=O) groups excluding carboxylic acids is 1. The van der Waals surface area contributed by atoms with Crippen molar-refractivity contribution in [3.63, 3.8) is 0 Å². The fraction of sp³-hybridized carbons (Fsp3) is 0.889. The lowest BCUT2D eigenvalue weighted by atomic mass is 9.45. The zero-order chi connectivity index (χ0) is 26.4. The second-order valence-electron chi connectivity index (χ2n) is 13.2. The molecule has 0 heterocycles. The zero-order valence-corrected chi connectivity index (χ0v) is 21.6. The lowest BCUT2D eigenvalue weighted by molar-refractivity contribution is -0.183. The monoisotopic (exact) mass is 496 g/mol. The quantitative estimate of drug-likeness (QED) is 0.295. The molecular weight excluding hydrogens is 452 g/mol. The van der Waals surface area contributed by atoms with Crippen LogP contribution in [0, 0.1) is 28.6 Å². The van der Waals surface area contributed by atoms with E-state index in [1.807, 2.05) is 13.8 Å². The third kappa shape index (κ3) is 3.87. The number of hydrogen-bond acceptors (Lipinski definition) is 8. The van der Waals surface area contributed by atoms with Crippen molar-refractivity contribution in [3.05, 3.63) is 11.6 Å². The molecule has 11 atom stereocenters. The third-order valence-corrected chi connectivity index (χ3v) is 10.8. The van der Waals surface area contributed by atoms with Gasteiger partial charge in [-0.25, -0.2) is 0 Å². The number of aliphatic hydroxyl groups excluding tert-OH is 4. The Kier molecular flexibility index (Phi) is 6.46. The van der Waals surface area contributed by atoms with Gasteiger partial charge in [-0.1, -0.05) is 13.8 Å². The molecule has 4 aliphatic rings. The molecular formula is C27H44O8. The van der Waals surface area contributed by atoms with Crippen LogP contribution in [-0.4, -0.2) is 82.7 Å². The number of ketones is 1. The zero-order valence-electron chi connectivity index (χ0n) is 21.6. The smallest absolute Gasteiger partial charge is 0.159 e. The molecule has 0 aliphatic heterocycles. The summed E-state index contributed by atoms with van der Waals surface area (Å²) in [7, 11) is 0. The van der Waals surface area contributed by atoms with Gasteiger partial charge in [0.2, 0.25) is 0 Å². The van der Waals surface area contributed by atoms with E-state index in [0.717, 1.165) is 0 Å². The van der Waals surface area contributed by atoms with Gasteiger partial charge in [-0.2, -0.15) is 0 Å². The van der Waals surface area contributed by atoms with Crippen LogP contribution < -0.4 is 0 Å². The molecule has 0 aromatic carbocycles. The van der Waals surface area contributed by atoms with Gasteiger partial charge in [0.05, 0.1) is 41.2 Å². The number of fused-ring (bicyclic) bond motifs is 5. The standard InChI is InChI=1S/C27H44O8/c1-23(2,33)21(31)12-22(32)26(5,34)20-7-9-27(35)15-10-17(28)16-11-18(29)19(30)13-24(16,3)14(15)6-8-25(20,27)4/h10,14,16,18-22,29-35H,6-9,11-13H2,1-5H3/t14-,16?,18?,19?,20-,21?,22?,24+,25+,26+,27+/m0/s1. The van der Waals surface area contributed by atoms with Crippen molar-refractivity contribution in [1.29, 1.82) is 0 Å². The van der Waals surface area contributed by atoms with Crippen molar-refractivity contribution in [2.75, 3.05) is 0 Å². The van der Waals surface area contributed by atoms with Gasteiger partial charge in [0, 0.05) is 17.8 Å². The Hall–Kier alpha value is -0.870. The summed E-state index contributed by atoms with van der Waals surface area (Å²) >= 11 is 0. The van der Waals surface area contributed by atoms with E-state index < -0.39 is 63.9 Å². The average Bonchev–Trinajstić information content (AvgIpc) is 3.01. The lowest BCUT2D eigenvalue weighted by Gasteiger charge is -2.60. The minimum absolute atomic E-state index is 0.129. The van der Waals surface area contributed by atoms with Gasteiger partial charge in [0.1, 0.15) is 0 Å². The van der Waals surface area contributed by atoms with Crippen LogP contribution in [0.25, 0.3) is 0 Å².